The van der Waals surface area contributed by atoms with Crippen molar-refractivity contribution in [2.75, 3.05) is 19.4 Å². The molecule has 1 aromatic rings. The quantitative estimate of drug-likeness (QED) is 0.390. The number of hydrogen-bond acceptors (Lipinski definition) is 6. The van der Waals surface area contributed by atoms with E-state index in [2.05, 4.69) is 15.0 Å². The molecule has 0 aliphatic carbocycles. The van der Waals surface area contributed by atoms with E-state index in [9.17, 15) is 10.2 Å². The van der Waals surface area contributed by atoms with Crippen molar-refractivity contribution in [2.24, 2.45) is 5.11 Å². The molecule has 98 valence electrons. The van der Waals surface area contributed by atoms with Crippen molar-refractivity contribution in [3.8, 4) is 5.88 Å². The second-order valence-electron chi connectivity index (χ2n) is 3.62. The number of azide groups is 1. The van der Waals surface area contributed by atoms with Crippen molar-refractivity contribution < 1.29 is 14.9 Å². The summed E-state index contributed by atoms with van der Waals surface area (Å²) in [7, 11) is 1.40. The molecule has 2 atom stereocenters. The zero-order valence-electron chi connectivity index (χ0n) is 9.89. The van der Waals surface area contributed by atoms with Crippen molar-refractivity contribution >= 4 is 5.69 Å². The number of methoxy groups -OCH3 is 1. The SMILES string of the molecule is COc1ncc(N)cc1C(O)C(O)CCN=[N+]=[N-]. The van der Waals surface area contributed by atoms with Crippen LogP contribution in [0.2, 0.25) is 0 Å². The minimum absolute atomic E-state index is 0.0901. The maximum absolute atomic E-state index is 9.96. The third-order valence-electron chi connectivity index (χ3n) is 2.36. The number of aromatic nitrogens is 1. The van der Waals surface area contributed by atoms with Crippen LogP contribution >= 0.6 is 0 Å². The number of aliphatic hydroxyl groups excluding tert-OH is 2. The van der Waals surface area contributed by atoms with Crippen LogP contribution in [0.3, 0.4) is 0 Å². The molecule has 1 rings (SSSR count). The lowest BCUT2D eigenvalue weighted by Crippen LogP contribution is -2.20. The lowest BCUT2D eigenvalue weighted by Gasteiger charge is -2.19. The number of nitrogens with two attached hydrogens (primary N) is 1. The summed E-state index contributed by atoms with van der Waals surface area (Å²) in [5.74, 6) is 0.194. The highest BCUT2D eigenvalue weighted by Gasteiger charge is 2.22. The molecule has 0 bridgehead atoms. The predicted molar refractivity (Wildman–Crippen MR) is 64.8 cm³/mol. The van der Waals surface area contributed by atoms with Gasteiger partial charge in [-0.1, -0.05) is 5.11 Å². The summed E-state index contributed by atoms with van der Waals surface area (Å²) in [6, 6.07) is 1.48. The van der Waals surface area contributed by atoms with Gasteiger partial charge in [-0.15, -0.1) is 0 Å². The van der Waals surface area contributed by atoms with Crippen molar-refractivity contribution in [1.82, 2.24) is 4.98 Å². The molecule has 0 aliphatic heterocycles. The fourth-order valence-corrected chi connectivity index (χ4v) is 1.47. The Morgan fingerprint density at radius 2 is 2.33 bits per heavy atom. The number of anilines is 1. The van der Waals surface area contributed by atoms with Crippen molar-refractivity contribution in [1.29, 1.82) is 0 Å². The minimum atomic E-state index is -1.20. The van der Waals surface area contributed by atoms with Crippen LogP contribution < -0.4 is 10.5 Å². The van der Waals surface area contributed by atoms with Crippen LogP contribution in [0, 0.1) is 0 Å². The fourth-order valence-electron chi connectivity index (χ4n) is 1.47. The highest BCUT2D eigenvalue weighted by Crippen LogP contribution is 2.28. The van der Waals surface area contributed by atoms with Crippen LogP contribution in [0.25, 0.3) is 10.4 Å². The molecular weight excluding hydrogens is 238 g/mol. The largest absolute Gasteiger partial charge is 0.481 e. The first kappa shape index (κ1) is 14.0. The molecule has 0 radical (unpaired) electrons. The Morgan fingerprint density at radius 3 is 2.94 bits per heavy atom. The van der Waals surface area contributed by atoms with E-state index in [1.54, 1.807) is 0 Å². The maximum Gasteiger partial charge on any atom is 0.219 e. The molecule has 8 heteroatoms. The first-order valence-electron chi connectivity index (χ1n) is 5.26. The van der Waals surface area contributed by atoms with E-state index in [4.69, 9.17) is 16.0 Å². The number of ether oxygens (including phenoxy) is 1. The van der Waals surface area contributed by atoms with Gasteiger partial charge < -0.3 is 20.7 Å². The lowest BCUT2D eigenvalue weighted by molar-refractivity contribution is 0.0134. The molecular formula is C10H15N5O3. The van der Waals surface area contributed by atoms with Crippen LogP contribution in [0.5, 0.6) is 5.88 Å². The van der Waals surface area contributed by atoms with Crippen LogP contribution in [-0.4, -0.2) is 35.0 Å². The molecule has 1 heterocycles. The average molecular weight is 253 g/mol. The summed E-state index contributed by atoms with van der Waals surface area (Å²) in [4.78, 5) is 6.46. The van der Waals surface area contributed by atoms with Crippen molar-refractivity contribution in [3.05, 3.63) is 28.3 Å². The predicted octanol–water partition coefficient (Wildman–Crippen LogP) is 0.767. The topological polar surface area (TPSA) is 137 Å². The van der Waals surface area contributed by atoms with E-state index in [1.807, 2.05) is 0 Å². The van der Waals surface area contributed by atoms with E-state index in [-0.39, 0.29) is 18.8 Å². The molecule has 0 saturated heterocycles. The first-order chi connectivity index (χ1) is 8.60. The second kappa shape index (κ2) is 6.65. The number of pyridine rings is 1. The summed E-state index contributed by atoms with van der Waals surface area (Å²) in [6.07, 6.45) is -0.775. The summed E-state index contributed by atoms with van der Waals surface area (Å²) < 4.78 is 4.98. The van der Waals surface area contributed by atoms with Crippen LogP contribution in [0.1, 0.15) is 18.1 Å². The molecule has 0 fully saturated rings. The van der Waals surface area contributed by atoms with Gasteiger partial charge >= 0.3 is 0 Å². The average Bonchev–Trinajstić information content (AvgIpc) is 2.38. The third-order valence-corrected chi connectivity index (χ3v) is 2.36. The Kier molecular flexibility index (Phi) is 5.19. The zero-order valence-corrected chi connectivity index (χ0v) is 9.89. The minimum Gasteiger partial charge on any atom is -0.481 e. The van der Waals surface area contributed by atoms with Gasteiger partial charge in [-0.3, -0.25) is 0 Å². The van der Waals surface area contributed by atoms with Crippen molar-refractivity contribution in [2.45, 2.75) is 18.6 Å². The Morgan fingerprint density at radius 1 is 1.61 bits per heavy atom. The molecule has 0 amide bonds. The summed E-state index contributed by atoms with van der Waals surface area (Å²) in [5.41, 5.74) is 14.3. The van der Waals surface area contributed by atoms with Crippen LogP contribution in [-0.2, 0) is 0 Å². The maximum atomic E-state index is 9.96. The second-order valence-corrected chi connectivity index (χ2v) is 3.62. The Hall–Kier alpha value is -2.02. The van der Waals surface area contributed by atoms with Gasteiger partial charge in [0, 0.05) is 17.0 Å². The van der Waals surface area contributed by atoms with Crippen LogP contribution in [0.4, 0.5) is 5.69 Å². The molecule has 0 aliphatic rings. The number of aliphatic hydroxyl groups is 2. The number of nitrogens with zero attached hydrogens (tertiary/aromatic N) is 4. The number of nitrogen functional groups attached to an aromatic ring is 1. The number of hydrogen-bond donors (Lipinski definition) is 3. The van der Waals surface area contributed by atoms with E-state index in [0.717, 1.165) is 0 Å². The smallest absolute Gasteiger partial charge is 0.219 e. The fraction of sp³-hybridized carbons (Fsp3) is 0.500. The molecule has 8 nitrogen and oxygen atoms in total. The van der Waals surface area contributed by atoms with Crippen LogP contribution in [0.15, 0.2) is 17.4 Å². The van der Waals surface area contributed by atoms with Gasteiger partial charge in [-0.2, -0.15) is 0 Å². The zero-order chi connectivity index (χ0) is 13.5. The first-order valence-corrected chi connectivity index (χ1v) is 5.26. The number of rotatable bonds is 6. The summed E-state index contributed by atoms with van der Waals surface area (Å²) >= 11 is 0. The highest BCUT2D eigenvalue weighted by atomic mass is 16.5. The molecule has 0 saturated carbocycles. The highest BCUT2D eigenvalue weighted by molar-refractivity contribution is 5.43. The Bertz CT molecular complexity index is 447. The van der Waals surface area contributed by atoms with E-state index in [1.165, 1.54) is 19.4 Å². The van der Waals surface area contributed by atoms with Gasteiger partial charge in [0.2, 0.25) is 5.88 Å². The van der Waals surface area contributed by atoms with Gasteiger partial charge in [0.25, 0.3) is 0 Å². The molecule has 18 heavy (non-hydrogen) atoms. The van der Waals surface area contributed by atoms with Gasteiger partial charge in [0.1, 0.15) is 6.10 Å². The lowest BCUT2D eigenvalue weighted by atomic mass is 10.0. The normalized spacial score (nSPS) is 13.5. The standard InChI is InChI=1S/C10H15N5O3/c1-18-10-7(4-6(11)5-13-10)9(17)8(16)2-3-14-15-12/h4-5,8-9,16-17H,2-3,11H2,1H3. The van der Waals surface area contributed by atoms with Crippen molar-refractivity contribution in [3.63, 3.8) is 0 Å². The monoisotopic (exact) mass is 253 g/mol. The van der Waals surface area contributed by atoms with Gasteiger partial charge in [-0.25, -0.2) is 4.98 Å². The summed E-state index contributed by atoms with van der Waals surface area (Å²) in [6.45, 7) is 0.0901. The van der Waals surface area contributed by atoms with E-state index >= 15 is 0 Å². The van der Waals surface area contributed by atoms with Gasteiger partial charge in [0.05, 0.1) is 25.1 Å². The Balaban J connectivity index is 2.84. The molecule has 2 unspecified atom stereocenters. The molecule has 0 aromatic carbocycles. The van der Waals surface area contributed by atoms with Gasteiger partial charge in [-0.05, 0) is 18.0 Å². The Labute approximate surface area is 104 Å². The van der Waals surface area contributed by atoms with E-state index < -0.39 is 12.2 Å². The molecule has 1 aromatic heterocycles. The summed E-state index contributed by atoms with van der Waals surface area (Å²) in [5, 5.41) is 23.0. The molecule has 0 spiro atoms. The molecule has 4 N–H and O–H groups in total. The van der Waals surface area contributed by atoms with Gasteiger partial charge in [0.15, 0.2) is 0 Å². The third kappa shape index (κ3) is 3.49. The van der Waals surface area contributed by atoms with E-state index in [0.29, 0.717) is 11.3 Å².